The third-order valence-electron chi connectivity index (χ3n) is 2.49. The molecule has 3 rings (SSSR count). The molecule has 20 heavy (non-hydrogen) atoms. The number of nitrogens with one attached hydrogen (secondary N) is 1. The van der Waals surface area contributed by atoms with Crippen molar-refractivity contribution in [3.63, 3.8) is 0 Å². The van der Waals surface area contributed by atoms with Crippen molar-refractivity contribution < 1.29 is 9.21 Å². The second-order valence-corrected chi connectivity index (χ2v) is 4.84. The van der Waals surface area contributed by atoms with Crippen LogP contribution in [0, 0.1) is 0 Å². The van der Waals surface area contributed by atoms with E-state index in [4.69, 9.17) is 10.2 Å². The number of hydrogen-bond donors (Lipinski definition) is 2. The fraction of sp³-hybridized carbons (Fsp3) is 0. The highest BCUT2D eigenvalue weighted by Gasteiger charge is 2.09. The van der Waals surface area contributed by atoms with Crippen molar-refractivity contribution in [1.29, 1.82) is 0 Å². The number of nitrogens with zero attached hydrogens (tertiary/aromatic N) is 2. The van der Waals surface area contributed by atoms with Crippen LogP contribution in [0.25, 0.3) is 11.1 Å². The molecule has 3 aromatic rings. The van der Waals surface area contributed by atoms with E-state index < -0.39 is 0 Å². The number of nitrogens with two attached hydrogens (primary N) is 1. The van der Waals surface area contributed by atoms with Crippen LogP contribution in [-0.2, 0) is 0 Å². The van der Waals surface area contributed by atoms with Crippen LogP contribution in [0.3, 0.4) is 0 Å². The van der Waals surface area contributed by atoms with E-state index in [1.165, 1.54) is 11.3 Å². The molecule has 0 saturated carbocycles. The van der Waals surface area contributed by atoms with Gasteiger partial charge in [0.15, 0.2) is 5.58 Å². The zero-order valence-corrected chi connectivity index (χ0v) is 11.1. The van der Waals surface area contributed by atoms with Gasteiger partial charge in [-0.05, 0) is 23.6 Å². The molecular weight excluding hydrogens is 276 g/mol. The fourth-order valence-corrected chi connectivity index (χ4v) is 2.24. The van der Waals surface area contributed by atoms with Crippen LogP contribution in [0.4, 0.5) is 6.01 Å². The van der Waals surface area contributed by atoms with Crippen LogP contribution in [0.15, 0.2) is 51.2 Å². The van der Waals surface area contributed by atoms with Crippen molar-refractivity contribution in [2.45, 2.75) is 0 Å². The van der Waals surface area contributed by atoms with Crippen molar-refractivity contribution in [2.75, 3.05) is 0 Å². The number of aromatic nitrogens is 1. The van der Waals surface area contributed by atoms with Gasteiger partial charge < -0.3 is 10.2 Å². The zero-order chi connectivity index (χ0) is 13.9. The Labute approximate surface area is 118 Å². The van der Waals surface area contributed by atoms with E-state index in [-0.39, 0.29) is 17.9 Å². The third-order valence-corrected chi connectivity index (χ3v) is 3.35. The number of hydrogen-bond acceptors (Lipinski definition) is 5. The van der Waals surface area contributed by atoms with Gasteiger partial charge in [0.2, 0.25) is 5.96 Å². The SMILES string of the molecule is NC(=Nc1nc2ccccc2o1)NC(=O)c1cccs1. The smallest absolute Gasteiger partial charge is 0.325 e. The number of para-hydroxylation sites is 2. The number of aliphatic imine (C=N–C) groups is 1. The summed E-state index contributed by atoms with van der Waals surface area (Å²) in [5.74, 6) is -0.368. The Morgan fingerprint density at radius 3 is 2.90 bits per heavy atom. The summed E-state index contributed by atoms with van der Waals surface area (Å²) in [5, 5.41) is 4.28. The summed E-state index contributed by atoms with van der Waals surface area (Å²) in [6, 6.07) is 10.9. The Hall–Kier alpha value is -2.67. The summed E-state index contributed by atoms with van der Waals surface area (Å²) >= 11 is 1.32. The third kappa shape index (κ3) is 2.52. The molecule has 0 aliphatic carbocycles. The molecule has 1 aromatic carbocycles. The topological polar surface area (TPSA) is 93.5 Å². The number of amides is 1. The van der Waals surface area contributed by atoms with Gasteiger partial charge in [0, 0.05) is 0 Å². The number of guanidine groups is 1. The normalized spacial score (nSPS) is 11.7. The van der Waals surface area contributed by atoms with Crippen LogP contribution < -0.4 is 11.1 Å². The summed E-state index contributed by atoms with van der Waals surface area (Å²) < 4.78 is 5.38. The van der Waals surface area contributed by atoms with Crippen LogP contribution >= 0.6 is 11.3 Å². The summed E-state index contributed by atoms with van der Waals surface area (Å²) in [5.41, 5.74) is 6.96. The van der Waals surface area contributed by atoms with Crippen LogP contribution in [0.2, 0.25) is 0 Å². The number of carbonyl (C=O) groups excluding carboxylic acids is 1. The molecule has 100 valence electrons. The fourth-order valence-electron chi connectivity index (χ4n) is 1.62. The first-order valence-corrected chi connectivity index (χ1v) is 6.65. The molecule has 6 nitrogen and oxygen atoms in total. The highest BCUT2D eigenvalue weighted by Crippen LogP contribution is 2.20. The van der Waals surface area contributed by atoms with Crippen molar-refractivity contribution >= 4 is 40.3 Å². The van der Waals surface area contributed by atoms with Gasteiger partial charge >= 0.3 is 6.01 Å². The Balaban J connectivity index is 1.79. The van der Waals surface area contributed by atoms with Gasteiger partial charge in [0.25, 0.3) is 5.91 Å². The van der Waals surface area contributed by atoms with E-state index in [9.17, 15) is 4.79 Å². The van der Waals surface area contributed by atoms with E-state index >= 15 is 0 Å². The van der Waals surface area contributed by atoms with Crippen LogP contribution in [0.5, 0.6) is 0 Å². The zero-order valence-electron chi connectivity index (χ0n) is 10.2. The van der Waals surface area contributed by atoms with Gasteiger partial charge in [-0.3, -0.25) is 10.1 Å². The van der Waals surface area contributed by atoms with E-state index in [1.54, 1.807) is 24.3 Å². The van der Waals surface area contributed by atoms with Crippen LogP contribution in [0.1, 0.15) is 9.67 Å². The van der Waals surface area contributed by atoms with Crippen LogP contribution in [-0.4, -0.2) is 16.9 Å². The monoisotopic (exact) mass is 286 g/mol. The van der Waals surface area contributed by atoms with Crippen molar-refractivity contribution in [3.05, 3.63) is 46.7 Å². The average Bonchev–Trinajstić information content (AvgIpc) is 3.07. The predicted molar refractivity (Wildman–Crippen MR) is 77.1 cm³/mol. The quantitative estimate of drug-likeness (QED) is 0.558. The van der Waals surface area contributed by atoms with Crippen molar-refractivity contribution in [2.24, 2.45) is 10.7 Å². The maximum Gasteiger partial charge on any atom is 0.325 e. The first kappa shape index (κ1) is 12.4. The summed E-state index contributed by atoms with van der Waals surface area (Å²) in [4.78, 5) is 20.4. The van der Waals surface area contributed by atoms with Gasteiger partial charge in [-0.2, -0.15) is 9.98 Å². The van der Waals surface area contributed by atoms with Gasteiger partial charge in [-0.1, -0.05) is 18.2 Å². The maximum absolute atomic E-state index is 11.8. The van der Waals surface area contributed by atoms with E-state index in [0.717, 1.165) is 0 Å². The lowest BCUT2D eigenvalue weighted by atomic mass is 10.3. The lowest BCUT2D eigenvalue weighted by Gasteiger charge is -2.00. The van der Waals surface area contributed by atoms with E-state index in [0.29, 0.717) is 16.0 Å². The number of carbonyl (C=O) groups is 1. The Bertz CT molecular complexity index is 744. The Kier molecular flexibility index (Phi) is 3.18. The minimum Gasteiger partial charge on any atom is -0.422 e. The molecule has 7 heteroatoms. The first-order chi connectivity index (χ1) is 9.72. The maximum atomic E-state index is 11.8. The number of fused-ring (bicyclic) bond motifs is 1. The molecule has 0 fully saturated rings. The standard InChI is InChI=1S/C13H10N4O2S/c14-12(16-11(18)10-6-3-7-20-10)17-13-15-8-4-1-2-5-9(8)19-13/h1-7H,(H3,14,15,16,17,18). The lowest BCUT2D eigenvalue weighted by Crippen LogP contribution is -2.36. The Morgan fingerprint density at radius 2 is 2.15 bits per heavy atom. The minimum absolute atomic E-state index is 0.0602. The molecule has 0 unspecified atom stereocenters. The Morgan fingerprint density at radius 1 is 1.30 bits per heavy atom. The molecule has 1 amide bonds. The summed E-state index contributed by atoms with van der Waals surface area (Å²) in [6.07, 6.45) is 0. The minimum atomic E-state index is -0.308. The summed E-state index contributed by atoms with van der Waals surface area (Å²) in [7, 11) is 0. The van der Waals surface area contributed by atoms with Crippen molar-refractivity contribution in [3.8, 4) is 0 Å². The molecule has 0 spiro atoms. The average molecular weight is 286 g/mol. The van der Waals surface area contributed by atoms with Gasteiger partial charge in [-0.25, -0.2) is 0 Å². The molecule has 0 aliphatic heterocycles. The van der Waals surface area contributed by atoms with E-state index in [1.807, 2.05) is 17.5 Å². The van der Waals surface area contributed by atoms with Crippen molar-refractivity contribution in [1.82, 2.24) is 10.3 Å². The second-order valence-electron chi connectivity index (χ2n) is 3.89. The number of thiophene rings is 1. The molecular formula is C13H10N4O2S. The number of oxazole rings is 1. The molecule has 0 radical (unpaired) electrons. The van der Waals surface area contributed by atoms with Gasteiger partial charge in [0.1, 0.15) is 5.52 Å². The molecule has 0 atom stereocenters. The number of rotatable bonds is 2. The second kappa shape index (κ2) is 5.14. The predicted octanol–water partition coefficient (Wildman–Crippen LogP) is 2.27. The van der Waals surface area contributed by atoms with Gasteiger partial charge in [0.05, 0.1) is 4.88 Å². The molecule has 0 saturated heterocycles. The highest BCUT2D eigenvalue weighted by molar-refractivity contribution is 7.12. The molecule has 2 aromatic heterocycles. The number of benzene rings is 1. The molecule has 0 aliphatic rings. The van der Waals surface area contributed by atoms with Gasteiger partial charge in [-0.15, -0.1) is 11.3 Å². The largest absolute Gasteiger partial charge is 0.422 e. The molecule has 3 N–H and O–H groups in total. The lowest BCUT2D eigenvalue weighted by molar-refractivity contribution is 0.0980. The highest BCUT2D eigenvalue weighted by atomic mass is 32.1. The molecule has 2 heterocycles. The first-order valence-electron chi connectivity index (χ1n) is 5.77. The molecule has 0 bridgehead atoms. The summed E-state index contributed by atoms with van der Waals surface area (Å²) in [6.45, 7) is 0. The van der Waals surface area contributed by atoms with E-state index in [2.05, 4.69) is 15.3 Å².